The van der Waals surface area contributed by atoms with Crippen LogP contribution in [0.2, 0.25) is 0 Å². The average Bonchev–Trinajstić information content (AvgIpc) is 2.37. The highest BCUT2D eigenvalue weighted by Crippen LogP contribution is 2.23. The summed E-state index contributed by atoms with van der Waals surface area (Å²) in [7, 11) is 0. The third-order valence-electron chi connectivity index (χ3n) is 3.64. The van der Waals surface area contributed by atoms with Crippen molar-refractivity contribution in [1.29, 1.82) is 0 Å². The van der Waals surface area contributed by atoms with E-state index in [1.165, 1.54) is 12.3 Å². The van der Waals surface area contributed by atoms with Gasteiger partial charge < -0.3 is 15.6 Å². The minimum absolute atomic E-state index is 0.0746. The fourth-order valence-electron chi connectivity index (χ4n) is 2.60. The van der Waals surface area contributed by atoms with Crippen LogP contribution in [0.1, 0.15) is 30.1 Å². The molecule has 1 amide bonds. The molecule has 2 heterocycles. The van der Waals surface area contributed by atoms with Crippen molar-refractivity contribution in [3.05, 3.63) is 34.2 Å². The molecule has 2 rings (SSSR count). The van der Waals surface area contributed by atoms with Gasteiger partial charge in [-0.2, -0.15) is 0 Å². The lowest BCUT2D eigenvalue weighted by atomic mass is 9.90. The van der Waals surface area contributed by atoms with Crippen LogP contribution in [0.3, 0.4) is 0 Å². The molecular formula is C13H19N3O2. The number of likely N-dealkylation sites (tertiary alicyclic amines) is 1. The minimum Gasteiger partial charge on any atom is -0.334 e. The summed E-state index contributed by atoms with van der Waals surface area (Å²) in [4.78, 5) is 27.9. The Hall–Kier alpha value is -1.62. The maximum atomic E-state index is 12.4. The van der Waals surface area contributed by atoms with E-state index in [0.29, 0.717) is 18.0 Å². The Morgan fingerprint density at radius 2 is 2.39 bits per heavy atom. The normalized spacial score (nSPS) is 24.0. The predicted molar refractivity (Wildman–Crippen MR) is 69.3 cm³/mol. The van der Waals surface area contributed by atoms with Crippen molar-refractivity contribution in [3.8, 4) is 0 Å². The molecule has 18 heavy (non-hydrogen) atoms. The summed E-state index contributed by atoms with van der Waals surface area (Å²) in [5, 5.41) is 0. The summed E-state index contributed by atoms with van der Waals surface area (Å²) in [6.07, 6.45) is 3.59. The molecule has 2 atom stereocenters. The van der Waals surface area contributed by atoms with Crippen molar-refractivity contribution in [2.45, 2.75) is 25.8 Å². The van der Waals surface area contributed by atoms with E-state index in [9.17, 15) is 9.59 Å². The molecule has 0 unspecified atom stereocenters. The molecule has 5 nitrogen and oxygen atoms in total. The number of rotatable bonds is 2. The van der Waals surface area contributed by atoms with Crippen LogP contribution < -0.4 is 11.3 Å². The molecule has 3 N–H and O–H groups in total. The quantitative estimate of drug-likeness (QED) is 0.804. The van der Waals surface area contributed by atoms with Gasteiger partial charge in [-0.25, -0.2) is 0 Å². The SMILES string of the molecule is C[C@H]1CCCN(C(=O)c2cc[nH]c(=O)c2)[C@@H]1CN. The molecule has 0 radical (unpaired) electrons. The van der Waals surface area contributed by atoms with E-state index in [4.69, 9.17) is 5.73 Å². The number of nitrogens with two attached hydrogens (primary N) is 1. The Morgan fingerprint density at radius 1 is 1.61 bits per heavy atom. The zero-order chi connectivity index (χ0) is 13.1. The van der Waals surface area contributed by atoms with Gasteiger partial charge in [0.05, 0.1) is 0 Å². The number of piperidine rings is 1. The number of nitrogens with one attached hydrogen (secondary N) is 1. The number of carbonyl (C=O) groups is 1. The summed E-state index contributed by atoms with van der Waals surface area (Å²) in [5.74, 6) is 0.317. The minimum atomic E-state index is -0.254. The fourth-order valence-corrected chi connectivity index (χ4v) is 2.60. The van der Waals surface area contributed by atoms with Crippen LogP contribution in [0.5, 0.6) is 0 Å². The Balaban J connectivity index is 2.24. The van der Waals surface area contributed by atoms with Crippen molar-refractivity contribution in [2.24, 2.45) is 11.7 Å². The van der Waals surface area contributed by atoms with E-state index < -0.39 is 0 Å². The number of nitrogens with zero attached hydrogens (tertiary/aromatic N) is 1. The van der Waals surface area contributed by atoms with E-state index in [0.717, 1.165) is 19.4 Å². The highest BCUT2D eigenvalue weighted by molar-refractivity contribution is 5.94. The van der Waals surface area contributed by atoms with E-state index in [2.05, 4.69) is 11.9 Å². The molecule has 1 saturated heterocycles. The first kappa shape index (κ1) is 12.8. The second kappa shape index (κ2) is 5.35. The smallest absolute Gasteiger partial charge is 0.254 e. The van der Waals surface area contributed by atoms with Crippen LogP contribution >= 0.6 is 0 Å². The molecule has 5 heteroatoms. The molecule has 1 aromatic heterocycles. The van der Waals surface area contributed by atoms with Crippen LogP contribution in [0.4, 0.5) is 0 Å². The van der Waals surface area contributed by atoms with Gasteiger partial charge in [-0.15, -0.1) is 0 Å². The van der Waals surface area contributed by atoms with Crippen molar-refractivity contribution in [3.63, 3.8) is 0 Å². The van der Waals surface area contributed by atoms with Gasteiger partial charge in [-0.1, -0.05) is 6.92 Å². The van der Waals surface area contributed by atoms with Crippen molar-refractivity contribution < 1.29 is 4.79 Å². The molecule has 98 valence electrons. The maximum absolute atomic E-state index is 12.4. The number of hydrogen-bond acceptors (Lipinski definition) is 3. The van der Waals surface area contributed by atoms with Crippen LogP contribution in [0.25, 0.3) is 0 Å². The average molecular weight is 249 g/mol. The standard InChI is InChI=1S/C13H19N3O2/c1-9-3-2-6-16(11(9)8-14)13(18)10-4-5-15-12(17)7-10/h4-5,7,9,11H,2-3,6,8,14H2,1H3,(H,15,17)/t9-,11+/m0/s1. The molecule has 1 aliphatic rings. The summed E-state index contributed by atoms with van der Waals surface area (Å²) in [5.41, 5.74) is 5.95. The predicted octanol–water partition coefficient (Wildman–Crippen LogP) is 0.574. The van der Waals surface area contributed by atoms with Gasteiger partial charge in [0.1, 0.15) is 0 Å². The Kier molecular flexibility index (Phi) is 3.81. The summed E-state index contributed by atoms with van der Waals surface area (Å²) < 4.78 is 0. The Labute approximate surface area is 106 Å². The molecule has 0 aromatic carbocycles. The molecule has 0 bridgehead atoms. The lowest BCUT2D eigenvalue weighted by Gasteiger charge is -2.39. The van der Waals surface area contributed by atoms with Crippen LogP contribution in [0, 0.1) is 5.92 Å². The topological polar surface area (TPSA) is 79.2 Å². The molecule has 1 aromatic rings. The Morgan fingerprint density at radius 3 is 3.06 bits per heavy atom. The number of hydrogen-bond donors (Lipinski definition) is 2. The number of aromatic amines is 1. The lowest BCUT2D eigenvalue weighted by molar-refractivity contribution is 0.0532. The third-order valence-corrected chi connectivity index (χ3v) is 3.64. The summed E-state index contributed by atoms with van der Waals surface area (Å²) >= 11 is 0. The van der Waals surface area contributed by atoms with E-state index in [-0.39, 0.29) is 17.5 Å². The highest BCUT2D eigenvalue weighted by Gasteiger charge is 2.31. The molecular weight excluding hydrogens is 230 g/mol. The summed E-state index contributed by atoms with van der Waals surface area (Å²) in [6.45, 7) is 3.31. The molecule has 1 fully saturated rings. The zero-order valence-corrected chi connectivity index (χ0v) is 10.6. The van der Waals surface area contributed by atoms with Gasteiger partial charge in [-0.3, -0.25) is 9.59 Å². The van der Waals surface area contributed by atoms with E-state index >= 15 is 0 Å². The van der Waals surface area contributed by atoms with E-state index in [1.807, 2.05) is 4.90 Å². The van der Waals surface area contributed by atoms with Crippen LogP contribution in [-0.2, 0) is 0 Å². The van der Waals surface area contributed by atoms with Gasteiger partial charge in [0, 0.05) is 37.0 Å². The van der Waals surface area contributed by atoms with Crippen LogP contribution in [-0.4, -0.2) is 34.9 Å². The highest BCUT2D eigenvalue weighted by atomic mass is 16.2. The first-order valence-corrected chi connectivity index (χ1v) is 6.33. The summed E-state index contributed by atoms with van der Waals surface area (Å²) in [6, 6.07) is 3.05. The van der Waals surface area contributed by atoms with Crippen molar-refractivity contribution in [1.82, 2.24) is 9.88 Å². The first-order valence-electron chi connectivity index (χ1n) is 6.33. The number of H-pyrrole nitrogens is 1. The van der Waals surface area contributed by atoms with Crippen molar-refractivity contribution >= 4 is 5.91 Å². The fraction of sp³-hybridized carbons (Fsp3) is 0.538. The largest absolute Gasteiger partial charge is 0.334 e. The lowest BCUT2D eigenvalue weighted by Crippen LogP contribution is -2.51. The monoisotopic (exact) mass is 249 g/mol. The molecule has 1 aliphatic heterocycles. The second-order valence-electron chi connectivity index (χ2n) is 4.86. The van der Waals surface area contributed by atoms with Gasteiger partial charge in [0.15, 0.2) is 0 Å². The third kappa shape index (κ3) is 2.46. The number of amides is 1. The number of carbonyl (C=O) groups excluding carboxylic acids is 1. The number of pyridine rings is 1. The van der Waals surface area contributed by atoms with Gasteiger partial charge in [0.25, 0.3) is 5.91 Å². The molecule has 0 saturated carbocycles. The van der Waals surface area contributed by atoms with Gasteiger partial charge in [-0.05, 0) is 24.8 Å². The maximum Gasteiger partial charge on any atom is 0.254 e. The first-order chi connectivity index (χ1) is 8.63. The second-order valence-corrected chi connectivity index (χ2v) is 4.86. The zero-order valence-electron chi connectivity index (χ0n) is 10.6. The van der Waals surface area contributed by atoms with Crippen molar-refractivity contribution in [2.75, 3.05) is 13.1 Å². The van der Waals surface area contributed by atoms with Crippen LogP contribution in [0.15, 0.2) is 23.1 Å². The van der Waals surface area contributed by atoms with Gasteiger partial charge >= 0.3 is 0 Å². The molecule has 0 spiro atoms. The van der Waals surface area contributed by atoms with Gasteiger partial charge in [0.2, 0.25) is 5.56 Å². The number of aromatic nitrogens is 1. The van der Waals surface area contributed by atoms with E-state index in [1.54, 1.807) is 6.07 Å². The Bertz CT molecular complexity index is 483. The molecule has 0 aliphatic carbocycles.